The minimum absolute atomic E-state index is 0.0612. The zero-order valence-corrected chi connectivity index (χ0v) is 24.3. The molecule has 200 valence electrons. The Morgan fingerprint density at radius 3 is 2.54 bits per heavy atom. The summed E-state index contributed by atoms with van der Waals surface area (Å²) in [5, 5.41) is 10.7. The lowest BCUT2D eigenvalue weighted by molar-refractivity contribution is 0.0227. The molecule has 0 aromatic carbocycles. The first-order valence-corrected chi connectivity index (χ1v) is 14.3. The van der Waals surface area contributed by atoms with Crippen molar-refractivity contribution in [2.24, 2.45) is 0 Å². The van der Waals surface area contributed by atoms with Crippen LogP contribution in [0.15, 0.2) is 23.7 Å². The maximum Gasteiger partial charge on any atom is 0.415 e. The van der Waals surface area contributed by atoms with Crippen molar-refractivity contribution >= 4 is 50.8 Å². The van der Waals surface area contributed by atoms with Crippen LogP contribution in [0.5, 0.6) is 0 Å². The van der Waals surface area contributed by atoms with Crippen LogP contribution in [0.4, 0.5) is 15.3 Å². The van der Waals surface area contributed by atoms with Crippen molar-refractivity contribution in [1.82, 2.24) is 15.1 Å². The van der Waals surface area contributed by atoms with Gasteiger partial charge in [0.15, 0.2) is 0 Å². The summed E-state index contributed by atoms with van der Waals surface area (Å²) >= 11 is 3.20. The number of amides is 2. The molecule has 1 unspecified atom stereocenters. The van der Waals surface area contributed by atoms with Crippen LogP contribution in [0.1, 0.15) is 69.7 Å². The number of likely N-dealkylation sites (tertiary alicyclic amines) is 1. The zero-order valence-electron chi connectivity index (χ0n) is 22.7. The second kappa shape index (κ2) is 10.6. The average Bonchev–Trinajstić information content (AvgIpc) is 3.52. The molecular weight excluding hydrogens is 508 g/mol. The molecule has 1 saturated heterocycles. The Kier molecular flexibility index (Phi) is 7.80. The van der Waals surface area contributed by atoms with Crippen molar-refractivity contribution < 1.29 is 19.1 Å². The molecule has 1 atom stereocenters. The molecule has 4 heterocycles. The lowest BCUT2D eigenvalue weighted by Crippen LogP contribution is -2.40. The summed E-state index contributed by atoms with van der Waals surface area (Å²) in [6.45, 7) is 14.4. The van der Waals surface area contributed by atoms with Gasteiger partial charge in [0.25, 0.3) is 0 Å². The van der Waals surface area contributed by atoms with Crippen LogP contribution in [-0.4, -0.2) is 51.1 Å². The number of aryl methyl sites for hydroxylation is 1. The highest BCUT2D eigenvalue weighted by molar-refractivity contribution is 7.19. The van der Waals surface area contributed by atoms with Crippen molar-refractivity contribution in [3.63, 3.8) is 0 Å². The van der Waals surface area contributed by atoms with E-state index >= 15 is 0 Å². The average molecular weight is 545 g/mol. The van der Waals surface area contributed by atoms with Gasteiger partial charge in [0.05, 0.1) is 23.1 Å². The zero-order chi connectivity index (χ0) is 27.0. The fourth-order valence-electron chi connectivity index (χ4n) is 4.38. The van der Waals surface area contributed by atoms with Gasteiger partial charge in [0.1, 0.15) is 16.7 Å². The third kappa shape index (κ3) is 6.59. The predicted molar refractivity (Wildman–Crippen MR) is 149 cm³/mol. The van der Waals surface area contributed by atoms with Crippen molar-refractivity contribution in [1.29, 1.82) is 0 Å². The number of carbonyl (C=O) groups is 2. The number of hydrogen-bond acceptors (Lipinski definition) is 8. The third-order valence-electron chi connectivity index (χ3n) is 6.01. The SMILES string of the molecule is Cc1c(CC2CCCN2C(=O)OC(C)(C)C)sc2c(N(Cc3cccs3)C(=O)OC(C)(C)C)cnnc12. The van der Waals surface area contributed by atoms with Gasteiger partial charge in [-0.3, -0.25) is 4.90 Å². The second-order valence-corrected chi connectivity index (χ2v) is 13.5. The molecule has 3 aromatic rings. The lowest BCUT2D eigenvalue weighted by atomic mass is 10.1. The Balaban J connectivity index is 1.66. The molecule has 1 aliphatic rings. The molecule has 2 amide bonds. The summed E-state index contributed by atoms with van der Waals surface area (Å²) in [5.41, 5.74) is 1.33. The number of fused-ring (bicyclic) bond motifs is 1. The summed E-state index contributed by atoms with van der Waals surface area (Å²) in [7, 11) is 0. The molecule has 0 spiro atoms. The number of anilines is 1. The molecule has 3 aromatic heterocycles. The molecule has 0 aliphatic carbocycles. The lowest BCUT2D eigenvalue weighted by Gasteiger charge is -2.28. The molecule has 8 nitrogen and oxygen atoms in total. The van der Waals surface area contributed by atoms with Gasteiger partial charge in [-0.05, 0) is 78.3 Å². The molecule has 1 aliphatic heterocycles. The highest BCUT2D eigenvalue weighted by Crippen LogP contribution is 2.39. The molecule has 10 heteroatoms. The summed E-state index contributed by atoms with van der Waals surface area (Å²) in [5.74, 6) is 0. The first-order valence-electron chi connectivity index (χ1n) is 12.6. The van der Waals surface area contributed by atoms with Gasteiger partial charge in [-0.25, -0.2) is 9.59 Å². The van der Waals surface area contributed by atoms with Gasteiger partial charge in [-0.15, -0.1) is 27.8 Å². The highest BCUT2D eigenvalue weighted by Gasteiger charge is 2.34. The number of ether oxygens (including phenoxy) is 2. The molecule has 4 rings (SSSR count). The smallest absolute Gasteiger partial charge is 0.415 e. The Hall–Kier alpha value is -2.72. The molecule has 37 heavy (non-hydrogen) atoms. The number of thiophene rings is 2. The van der Waals surface area contributed by atoms with E-state index in [2.05, 4.69) is 10.2 Å². The van der Waals surface area contributed by atoms with Crippen LogP contribution < -0.4 is 4.90 Å². The van der Waals surface area contributed by atoms with Crippen molar-refractivity contribution in [2.75, 3.05) is 11.4 Å². The van der Waals surface area contributed by atoms with Gasteiger partial charge in [-0.2, -0.15) is 5.10 Å². The summed E-state index contributed by atoms with van der Waals surface area (Å²) in [6.07, 6.45) is 3.54. The quantitative estimate of drug-likeness (QED) is 0.346. The van der Waals surface area contributed by atoms with E-state index in [4.69, 9.17) is 9.47 Å². The second-order valence-electron chi connectivity index (χ2n) is 11.4. The standard InChI is InChI=1S/C27H36N4O4S2/c1-17-21(14-18-10-8-12-30(18)24(32)34-26(2,3)4)37-23-20(15-28-29-22(17)23)31(16-19-11-9-13-36-19)25(33)35-27(5,6)7/h9,11,13,15,18H,8,10,12,14,16H2,1-7H3. The molecule has 0 radical (unpaired) electrons. The van der Waals surface area contributed by atoms with E-state index in [1.165, 1.54) is 0 Å². The van der Waals surface area contributed by atoms with Gasteiger partial charge >= 0.3 is 12.2 Å². The van der Waals surface area contributed by atoms with Crippen LogP contribution in [0.25, 0.3) is 10.2 Å². The van der Waals surface area contributed by atoms with E-state index in [1.54, 1.807) is 33.8 Å². The Bertz CT molecular complexity index is 1260. The Morgan fingerprint density at radius 2 is 1.89 bits per heavy atom. The van der Waals surface area contributed by atoms with Crippen LogP contribution in [0, 0.1) is 6.92 Å². The normalized spacial score (nSPS) is 16.3. The number of nitrogens with zero attached hydrogens (tertiary/aromatic N) is 4. The molecule has 0 bridgehead atoms. The monoisotopic (exact) mass is 544 g/mol. The Labute approximate surface area is 226 Å². The molecular formula is C27H36N4O4S2. The molecule has 0 saturated carbocycles. The first-order chi connectivity index (χ1) is 17.3. The fourth-order valence-corrected chi connectivity index (χ4v) is 6.40. The van der Waals surface area contributed by atoms with E-state index in [0.29, 0.717) is 25.2 Å². The van der Waals surface area contributed by atoms with E-state index < -0.39 is 17.3 Å². The van der Waals surface area contributed by atoms with Crippen LogP contribution >= 0.6 is 22.7 Å². The Morgan fingerprint density at radius 1 is 1.16 bits per heavy atom. The molecule has 0 N–H and O–H groups in total. The summed E-state index contributed by atoms with van der Waals surface area (Å²) in [4.78, 5) is 31.9. The maximum absolute atomic E-state index is 13.3. The predicted octanol–water partition coefficient (Wildman–Crippen LogP) is 6.94. The van der Waals surface area contributed by atoms with Gasteiger partial charge < -0.3 is 14.4 Å². The van der Waals surface area contributed by atoms with Crippen molar-refractivity contribution in [3.05, 3.63) is 39.0 Å². The van der Waals surface area contributed by atoms with E-state index in [1.807, 2.05) is 70.9 Å². The number of aromatic nitrogens is 2. The van der Waals surface area contributed by atoms with Crippen LogP contribution in [0.3, 0.4) is 0 Å². The number of hydrogen-bond donors (Lipinski definition) is 0. The minimum Gasteiger partial charge on any atom is -0.444 e. The van der Waals surface area contributed by atoms with Gasteiger partial charge in [0.2, 0.25) is 0 Å². The van der Waals surface area contributed by atoms with Crippen molar-refractivity contribution in [3.8, 4) is 0 Å². The highest BCUT2D eigenvalue weighted by atomic mass is 32.1. The fraction of sp³-hybridized carbons (Fsp3) is 0.556. The van der Waals surface area contributed by atoms with E-state index in [-0.39, 0.29) is 12.1 Å². The summed E-state index contributed by atoms with van der Waals surface area (Å²) in [6, 6.07) is 4.04. The van der Waals surface area contributed by atoms with E-state index in [9.17, 15) is 9.59 Å². The van der Waals surface area contributed by atoms with Crippen LogP contribution in [-0.2, 0) is 22.4 Å². The largest absolute Gasteiger partial charge is 0.444 e. The summed E-state index contributed by atoms with van der Waals surface area (Å²) < 4.78 is 12.3. The van der Waals surface area contributed by atoms with Gasteiger partial charge in [-0.1, -0.05) is 6.07 Å². The third-order valence-corrected chi connectivity index (χ3v) is 8.20. The first kappa shape index (κ1) is 27.3. The van der Waals surface area contributed by atoms with Crippen molar-refractivity contribution in [2.45, 2.75) is 91.5 Å². The maximum atomic E-state index is 13.3. The number of rotatable bonds is 5. The van der Waals surface area contributed by atoms with Crippen LogP contribution in [0.2, 0.25) is 0 Å². The van der Waals surface area contributed by atoms with Gasteiger partial charge in [0, 0.05) is 28.8 Å². The minimum atomic E-state index is -0.630. The topological polar surface area (TPSA) is 84.9 Å². The van der Waals surface area contributed by atoms with E-state index in [0.717, 1.165) is 38.4 Å². The molecule has 1 fully saturated rings. The number of carbonyl (C=O) groups excluding carboxylic acids is 2.